The molecule has 0 radical (unpaired) electrons. The van der Waals surface area contributed by atoms with Crippen molar-refractivity contribution >= 4 is 10.8 Å². The van der Waals surface area contributed by atoms with E-state index in [-0.39, 0.29) is 0 Å². The molecule has 0 spiro atoms. The summed E-state index contributed by atoms with van der Waals surface area (Å²) in [5.74, 6) is 0.602. The van der Waals surface area contributed by atoms with Crippen molar-refractivity contribution in [2.75, 3.05) is 20.1 Å². The van der Waals surface area contributed by atoms with Crippen molar-refractivity contribution in [2.45, 2.75) is 19.9 Å². The fraction of sp³-hybridized carbons (Fsp3) is 0.412. The van der Waals surface area contributed by atoms with E-state index in [4.69, 9.17) is 5.73 Å². The topological polar surface area (TPSA) is 29.3 Å². The second-order valence-electron chi connectivity index (χ2n) is 5.39. The van der Waals surface area contributed by atoms with Gasteiger partial charge in [0.05, 0.1) is 0 Å². The third-order valence-corrected chi connectivity index (χ3v) is 3.75. The number of hydrogen-bond donors (Lipinski definition) is 1. The number of hydrogen-bond acceptors (Lipinski definition) is 2. The van der Waals surface area contributed by atoms with E-state index in [1.54, 1.807) is 0 Å². The molecule has 2 aromatic rings. The van der Waals surface area contributed by atoms with Gasteiger partial charge in [0.2, 0.25) is 0 Å². The van der Waals surface area contributed by atoms with Gasteiger partial charge in [-0.2, -0.15) is 0 Å². The van der Waals surface area contributed by atoms with Crippen LogP contribution < -0.4 is 5.73 Å². The molecule has 1 unspecified atom stereocenters. The average molecular weight is 256 g/mol. The Morgan fingerprint density at radius 2 is 1.84 bits per heavy atom. The third-order valence-electron chi connectivity index (χ3n) is 3.75. The van der Waals surface area contributed by atoms with E-state index in [2.05, 4.69) is 61.3 Å². The lowest BCUT2D eigenvalue weighted by atomic mass is 10.0. The minimum absolute atomic E-state index is 0.602. The van der Waals surface area contributed by atoms with Gasteiger partial charge >= 0.3 is 0 Å². The summed E-state index contributed by atoms with van der Waals surface area (Å²) in [5, 5.41) is 2.63. The van der Waals surface area contributed by atoms with Crippen molar-refractivity contribution in [3.8, 4) is 0 Å². The van der Waals surface area contributed by atoms with Crippen LogP contribution in [0.1, 0.15) is 18.9 Å². The first-order chi connectivity index (χ1) is 9.22. The van der Waals surface area contributed by atoms with Gasteiger partial charge in [-0.05, 0) is 41.9 Å². The van der Waals surface area contributed by atoms with Gasteiger partial charge in [-0.25, -0.2) is 0 Å². The minimum atomic E-state index is 0.602. The van der Waals surface area contributed by atoms with Crippen LogP contribution in [0, 0.1) is 5.92 Å². The summed E-state index contributed by atoms with van der Waals surface area (Å²) in [6.45, 7) is 5.04. The maximum absolute atomic E-state index is 5.77. The summed E-state index contributed by atoms with van der Waals surface area (Å²) in [6.07, 6.45) is 1.15. The molecule has 0 saturated heterocycles. The van der Waals surface area contributed by atoms with Crippen LogP contribution in [0.4, 0.5) is 0 Å². The number of nitrogens with two attached hydrogens (primary N) is 1. The summed E-state index contributed by atoms with van der Waals surface area (Å²) in [5.41, 5.74) is 7.14. The highest BCUT2D eigenvalue weighted by atomic mass is 15.1. The number of rotatable bonds is 6. The van der Waals surface area contributed by atoms with E-state index < -0.39 is 0 Å². The van der Waals surface area contributed by atoms with Crippen LogP contribution in [-0.4, -0.2) is 25.0 Å². The molecule has 0 aliphatic carbocycles. The van der Waals surface area contributed by atoms with Crippen molar-refractivity contribution in [1.29, 1.82) is 0 Å². The Morgan fingerprint density at radius 3 is 2.53 bits per heavy atom. The molecule has 19 heavy (non-hydrogen) atoms. The predicted octanol–water partition coefficient (Wildman–Crippen LogP) is 3.26. The van der Waals surface area contributed by atoms with Crippen LogP contribution in [-0.2, 0) is 6.54 Å². The Balaban J connectivity index is 2.04. The van der Waals surface area contributed by atoms with Gasteiger partial charge in [-0.15, -0.1) is 0 Å². The molecule has 0 saturated carbocycles. The van der Waals surface area contributed by atoms with Crippen molar-refractivity contribution in [1.82, 2.24) is 4.90 Å². The predicted molar refractivity (Wildman–Crippen MR) is 83.1 cm³/mol. The first-order valence-electron chi connectivity index (χ1n) is 7.09. The quantitative estimate of drug-likeness (QED) is 0.859. The van der Waals surface area contributed by atoms with Crippen LogP contribution in [0.3, 0.4) is 0 Å². The van der Waals surface area contributed by atoms with Crippen molar-refractivity contribution in [3.63, 3.8) is 0 Å². The summed E-state index contributed by atoms with van der Waals surface area (Å²) in [6, 6.07) is 15.2. The third kappa shape index (κ3) is 3.79. The lowest BCUT2D eigenvalue weighted by Gasteiger charge is -2.22. The van der Waals surface area contributed by atoms with Crippen LogP contribution in [0.2, 0.25) is 0 Å². The van der Waals surface area contributed by atoms with Gasteiger partial charge in [0, 0.05) is 13.1 Å². The lowest BCUT2D eigenvalue weighted by Crippen LogP contribution is -2.29. The van der Waals surface area contributed by atoms with Gasteiger partial charge < -0.3 is 10.6 Å². The molecule has 0 bridgehead atoms. The van der Waals surface area contributed by atoms with E-state index in [0.29, 0.717) is 5.92 Å². The summed E-state index contributed by atoms with van der Waals surface area (Å²) < 4.78 is 0. The normalized spacial score (nSPS) is 13.1. The van der Waals surface area contributed by atoms with E-state index >= 15 is 0 Å². The van der Waals surface area contributed by atoms with Crippen molar-refractivity contribution in [2.24, 2.45) is 11.7 Å². The largest absolute Gasteiger partial charge is 0.330 e. The molecule has 2 rings (SSSR count). The molecule has 0 fully saturated rings. The number of nitrogens with zero attached hydrogens (tertiary/aromatic N) is 1. The monoisotopic (exact) mass is 256 g/mol. The molecule has 0 aromatic heterocycles. The van der Waals surface area contributed by atoms with Gasteiger partial charge in [-0.1, -0.05) is 49.7 Å². The first kappa shape index (κ1) is 14.0. The molecule has 2 N–H and O–H groups in total. The summed E-state index contributed by atoms with van der Waals surface area (Å²) >= 11 is 0. The zero-order valence-electron chi connectivity index (χ0n) is 12.0. The number of benzene rings is 2. The van der Waals surface area contributed by atoms with Gasteiger partial charge in [0.1, 0.15) is 0 Å². The molecule has 2 heteroatoms. The fourth-order valence-electron chi connectivity index (χ4n) is 2.52. The molecule has 102 valence electrons. The lowest BCUT2D eigenvalue weighted by molar-refractivity contribution is 0.268. The molecule has 0 heterocycles. The highest BCUT2D eigenvalue weighted by molar-refractivity contribution is 5.82. The standard InChI is InChI=1S/C17H24N2/c1-3-14(11-18)12-19(2)13-15-8-9-16-6-4-5-7-17(16)10-15/h4-10,14H,3,11-13,18H2,1-2H3. The smallest absolute Gasteiger partial charge is 0.0231 e. The fourth-order valence-corrected chi connectivity index (χ4v) is 2.52. The SMILES string of the molecule is CCC(CN)CN(C)Cc1ccc2ccccc2c1. The first-order valence-corrected chi connectivity index (χ1v) is 7.09. The number of fused-ring (bicyclic) bond motifs is 1. The van der Waals surface area contributed by atoms with Crippen molar-refractivity contribution < 1.29 is 0 Å². The highest BCUT2D eigenvalue weighted by Crippen LogP contribution is 2.17. The molecular formula is C17H24N2. The molecular weight excluding hydrogens is 232 g/mol. The Kier molecular flexibility index (Phi) is 4.94. The minimum Gasteiger partial charge on any atom is -0.330 e. The maximum atomic E-state index is 5.77. The van der Waals surface area contributed by atoms with E-state index in [0.717, 1.165) is 26.1 Å². The van der Waals surface area contributed by atoms with Crippen LogP contribution in [0.25, 0.3) is 10.8 Å². The molecule has 2 aromatic carbocycles. The van der Waals surface area contributed by atoms with Gasteiger partial charge in [0.15, 0.2) is 0 Å². The van der Waals surface area contributed by atoms with E-state index in [1.165, 1.54) is 16.3 Å². The molecule has 0 aliphatic rings. The molecule has 2 nitrogen and oxygen atoms in total. The average Bonchev–Trinajstić information content (AvgIpc) is 2.44. The second-order valence-corrected chi connectivity index (χ2v) is 5.39. The van der Waals surface area contributed by atoms with Crippen molar-refractivity contribution in [3.05, 3.63) is 48.0 Å². The molecule has 0 amide bonds. The Labute approximate surface area is 116 Å². The van der Waals surface area contributed by atoms with Crippen LogP contribution >= 0.6 is 0 Å². The summed E-state index contributed by atoms with van der Waals surface area (Å²) in [7, 11) is 2.17. The Hall–Kier alpha value is -1.38. The molecule has 0 aliphatic heterocycles. The van der Waals surface area contributed by atoms with Gasteiger partial charge in [0.25, 0.3) is 0 Å². The molecule has 1 atom stereocenters. The van der Waals surface area contributed by atoms with Crippen LogP contribution in [0.5, 0.6) is 0 Å². The Bertz CT molecular complexity index is 517. The van der Waals surface area contributed by atoms with Gasteiger partial charge in [-0.3, -0.25) is 0 Å². The zero-order valence-corrected chi connectivity index (χ0v) is 12.0. The summed E-state index contributed by atoms with van der Waals surface area (Å²) in [4.78, 5) is 2.37. The second kappa shape index (κ2) is 6.69. The van der Waals surface area contributed by atoms with E-state index in [1.807, 2.05) is 0 Å². The highest BCUT2D eigenvalue weighted by Gasteiger charge is 2.08. The van der Waals surface area contributed by atoms with E-state index in [9.17, 15) is 0 Å². The maximum Gasteiger partial charge on any atom is 0.0231 e. The Morgan fingerprint density at radius 1 is 1.11 bits per heavy atom. The van der Waals surface area contributed by atoms with Crippen LogP contribution in [0.15, 0.2) is 42.5 Å². The zero-order chi connectivity index (χ0) is 13.7.